The third-order valence-electron chi connectivity index (χ3n) is 6.16. The van der Waals surface area contributed by atoms with Gasteiger partial charge in [-0.1, -0.05) is 6.42 Å². The number of benzene rings is 2. The summed E-state index contributed by atoms with van der Waals surface area (Å²) in [5.41, 5.74) is 0.174. The number of nitrogens with zero attached hydrogens (tertiary/aromatic N) is 2. The van der Waals surface area contributed by atoms with Gasteiger partial charge in [-0.25, -0.2) is 16.8 Å². The lowest BCUT2D eigenvalue weighted by molar-refractivity contribution is -0.121. The standard InChI is InChI=1S/C25H35N3O8S2/c1-19(28(37(4,30)31)23-18-21(34-2)10-13-24(23)35-3)25(29)26-14-17-36-20-8-11-22(12-9-20)38(32,33)27-15-6-5-7-16-27/h8-13,18-19H,5-7,14-17H2,1-4H3,(H,26,29). The fraction of sp³-hybridized carbons (Fsp3) is 0.480. The number of ether oxygens (including phenoxy) is 3. The summed E-state index contributed by atoms with van der Waals surface area (Å²) in [5, 5.41) is 2.68. The molecule has 2 aromatic carbocycles. The summed E-state index contributed by atoms with van der Waals surface area (Å²) in [6.07, 6.45) is 3.77. The summed E-state index contributed by atoms with van der Waals surface area (Å²) in [6.45, 7) is 2.72. The van der Waals surface area contributed by atoms with Gasteiger partial charge in [-0.05, 0) is 56.2 Å². The van der Waals surface area contributed by atoms with Gasteiger partial charge >= 0.3 is 0 Å². The van der Waals surface area contributed by atoms with Gasteiger partial charge in [0.05, 0.1) is 37.6 Å². The van der Waals surface area contributed by atoms with Crippen molar-refractivity contribution in [1.82, 2.24) is 9.62 Å². The second kappa shape index (κ2) is 12.7. The average molecular weight is 570 g/mol. The Kier molecular flexibility index (Phi) is 9.85. The first-order chi connectivity index (χ1) is 18.0. The maximum Gasteiger partial charge on any atom is 0.243 e. The van der Waals surface area contributed by atoms with Gasteiger partial charge in [-0.15, -0.1) is 0 Å². The zero-order valence-electron chi connectivity index (χ0n) is 22.0. The maximum absolute atomic E-state index is 12.9. The lowest BCUT2D eigenvalue weighted by Crippen LogP contribution is -2.48. The summed E-state index contributed by atoms with van der Waals surface area (Å²) in [4.78, 5) is 13.1. The van der Waals surface area contributed by atoms with E-state index in [0.29, 0.717) is 24.6 Å². The van der Waals surface area contributed by atoms with Crippen molar-refractivity contribution in [2.45, 2.75) is 37.1 Å². The topological polar surface area (TPSA) is 132 Å². The second-order valence-electron chi connectivity index (χ2n) is 8.85. The van der Waals surface area contributed by atoms with E-state index < -0.39 is 32.0 Å². The van der Waals surface area contributed by atoms with Crippen LogP contribution in [0.25, 0.3) is 0 Å². The van der Waals surface area contributed by atoms with Gasteiger partial charge < -0.3 is 19.5 Å². The molecule has 210 valence electrons. The van der Waals surface area contributed by atoms with E-state index in [1.54, 1.807) is 24.3 Å². The number of amides is 1. The number of hydrogen-bond acceptors (Lipinski definition) is 8. The van der Waals surface area contributed by atoms with Crippen LogP contribution in [0.1, 0.15) is 26.2 Å². The first kappa shape index (κ1) is 29.5. The molecule has 1 atom stereocenters. The third kappa shape index (κ3) is 7.08. The van der Waals surface area contributed by atoms with Crippen LogP contribution in [0.3, 0.4) is 0 Å². The van der Waals surface area contributed by atoms with E-state index in [1.165, 1.54) is 43.6 Å². The van der Waals surface area contributed by atoms with Crippen molar-refractivity contribution in [2.75, 3.05) is 51.0 Å². The number of rotatable bonds is 12. The van der Waals surface area contributed by atoms with Crippen LogP contribution in [-0.2, 0) is 24.8 Å². The van der Waals surface area contributed by atoms with Crippen molar-refractivity contribution in [3.8, 4) is 17.2 Å². The number of nitrogens with one attached hydrogen (secondary N) is 1. The van der Waals surface area contributed by atoms with E-state index in [2.05, 4.69) is 5.32 Å². The molecule has 0 spiro atoms. The Balaban J connectivity index is 1.60. The molecule has 0 saturated carbocycles. The van der Waals surface area contributed by atoms with E-state index in [1.807, 2.05) is 0 Å². The highest BCUT2D eigenvalue weighted by atomic mass is 32.2. The lowest BCUT2D eigenvalue weighted by Gasteiger charge is -2.29. The summed E-state index contributed by atoms with van der Waals surface area (Å²) in [7, 11) is -4.53. The highest BCUT2D eigenvalue weighted by Gasteiger charge is 2.31. The molecule has 13 heteroatoms. The Morgan fingerprint density at radius 1 is 0.974 bits per heavy atom. The molecule has 3 rings (SSSR count). The molecule has 1 saturated heterocycles. The van der Waals surface area contributed by atoms with Crippen molar-refractivity contribution < 1.29 is 35.8 Å². The van der Waals surface area contributed by atoms with Crippen molar-refractivity contribution in [1.29, 1.82) is 0 Å². The summed E-state index contributed by atoms with van der Waals surface area (Å²) >= 11 is 0. The maximum atomic E-state index is 12.9. The van der Waals surface area contributed by atoms with Gasteiger partial charge in [0.2, 0.25) is 26.0 Å². The van der Waals surface area contributed by atoms with Crippen LogP contribution in [0.2, 0.25) is 0 Å². The zero-order valence-corrected chi connectivity index (χ0v) is 23.7. The largest absolute Gasteiger partial charge is 0.497 e. The fourth-order valence-electron chi connectivity index (χ4n) is 4.20. The second-order valence-corrected chi connectivity index (χ2v) is 12.6. The minimum atomic E-state index is -3.86. The zero-order chi connectivity index (χ0) is 27.9. The Bertz CT molecular complexity index is 1310. The molecule has 38 heavy (non-hydrogen) atoms. The lowest BCUT2D eigenvalue weighted by atomic mass is 10.2. The minimum Gasteiger partial charge on any atom is -0.497 e. The Morgan fingerprint density at radius 2 is 1.61 bits per heavy atom. The number of piperidine rings is 1. The predicted octanol–water partition coefficient (Wildman–Crippen LogP) is 2.23. The van der Waals surface area contributed by atoms with Gasteiger partial charge in [0.25, 0.3) is 0 Å². The molecule has 1 aliphatic rings. The molecular formula is C25H35N3O8S2. The van der Waals surface area contributed by atoms with Crippen LogP contribution in [-0.4, -0.2) is 79.8 Å². The van der Waals surface area contributed by atoms with Gasteiger partial charge in [-0.3, -0.25) is 9.10 Å². The van der Waals surface area contributed by atoms with Crippen LogP contribution in [0.5, 0.6) is 17.2 Å². The molecule has 1 N–H and O–H groups in total. The van der Waals surface area contributed by atoms with Crippen molar-refractivity contribution in [3.63, 3.8) is 0 Å². The number of sulfonamides is 2. The molecule has 2 aromatic rings. The molecule has 0 aliphatic carbocycles. The molecular weight excluding hydrogens is 534 g/mol. The van der Waals surface area contributed by atoms with E-state index in [0.717, 1.165) is 29.8 Å². The number of carbonyl (C=O) groups is 1. The van der Waals surface area contributed by atoms with Crippen LogP contribution >= 0.6 is 0 Å². The Hall–Kier alpha value is -3.03. The van der Waals surface area contributed by atoms with Crippen molar-refractivity contribution >= 4 is 31.6 Å². The minimum absolute atomic E-state index is 0.0953. The van der Waals surface area contributed by atoms with Crippen LogP contribution in [0.4, 0.5) is 5.69 Å². The molecule has 1 aliphatic heterocycles. The quantitative estimate of drug-likeness (QED) is 0.385. The fourth-order valence-corrected chi connectivity index (χ4v) is 6.89. The SMILES string of the molecule is COc1ccc(OC)c(N(C(C)C(=O)NCCOc2ccc(S(=O)(=O)N3CCCCC3)cc2)S(C)(=O)=O)c1. The molecule has 1 fully saturated rings. The van der Waals surface area contributed by atoms with E-state index in [9.17, 15) is 21.6 Å². The monoisotopic (exact) mass is 569 g/mol. The van der Waals surface area contributed by atoms with Crippen molar-refractivity contribution in [2.24, 2.45) is 0 Å². The number of methoxy groups -OCH3 is 2. The van der Waals surface area contributed by atoms with Crippen LogP contribution < -0.4 is 23.8 Å². The van der Waals surface area contributed by atoms with Gasteiger partial charge in [0, 0.05) is 19.2 Å². The smallest absolute Gasteiger partial charge is 0.243 e. The van der Waals surface area contributed by atoms with E-state index in [-0.39, 0.29) is 29.5 Å². The molecule has 0 radical (unpaired) electrons. The van der Waals surface area contributed by atoms with Crippen molar-refractivity contribution in [3.05, 3.63) is 42.5 Å². The number of anilines is 1. The normalized spacial score (nSPS) is 15.4. The van der Waals surface area contributed by atoms with Crippen LogP contribution in [0, 0.1) is 0 Å². The average Bonchev–Trinajstić information content (AvgIpc) is 2.91. The number of carbonyl (C=O) groups excluding carboxylic acids is 1. The highest BCUT2D eigenvalue weighted by Crippen LogP contribution is 2.35. The van der Waals surface area contributed by atoms with Gasteiger partial charge in [0.1, 0.15) is 29.9 Å². The first-order valence-electron chi connectivity index (χ1n) is 12.2. The van der Waals surface area contributed by atoms with Gasteiger partial charge in [-0.2, -0.15) is 4.31 Å². The Labute approximate surface area is 224 Å². The van der Waals surface area contributed by atoms with E-state index >= 15 is 0 Å². The summed E-state index contributed by atoms with van der Waals surface area (Å²) < 4.78 is 69.5. The molecule has 11 nitrogen and oxygen atoms in total. The first-order valence-corrected chi connectivity index (χ1v) is 15.5. The molecule has 0 bridgehead atoms. The van der Waals surface area contributed by atoms with Gasteiger partial charge in [0.15, 0.2) is 0 Å². The molecule has 1 heterocycles. The van der Waals surface area contributed by atoms with E-state index in [4.69, 9.17) is 14.2 Å². The Morgan fingerprint density at radius 3 is 2.18 bits per heavy atom. The summed E-state index contributed by atoms with van der Waals surface area (Å²) in [5.74, 6) is 0.589. The molecule has 1 unspecified atom stereocenters. The number of hydrogen-bond donors (Lipinski definition) is 1. The summed E-state index contributed by atoms with van der Waals surface area (Å²) in [6, 6.07) is 9.74. The molecule has 1 amide bonds. The van der Waals surface area contributed by atoms with Crippen LogP contribution in [0.15, 0.2) is 47.4 Å². The third-order valence-corrected chi connectivity index (χ3v) is 9.30. The molecule has 0 aromatic heterocycles. The predicted molar refractivity (Wildman–Crippen MR) is 144 cm³/mol. The highest BCUT2D eigenvalue weighted by molar-refractivity contribution is 7.92.